The lowest BCUT2D eigenvalue weighted by molar-refractivity contribution is -0.131. The van der Waals surface area contributed by atoms with Crippen LogP contribution in [0.5, 0.6) is 0 Å². The van der Waals surface area contributed by atoms with E-state index >= 15 is 0 Å². The Hall–Kier alpha value is -0.610. The Morgan fingerprint density at radius 2 is 2.25 bits per heavy atom. The first kappa shape index (κ1) is 13.5. The first-order chi connectivity index (χ1) is 7.77. The van der Waals surface area contributed by atoms with Crippen LogP contribution in [0.15, 0.2) is 0 Å². The van der Waals surface area contributed by atoms with Crippen LogP contribution in [0.4, 0.5) is 0 Å². The summed E-state index contributed by atoms with van der Waals surface area (Å²) in [6, 6.07) is 0.351. The van der Waals surface area contributed by atoms with Crippen molar-refractivity contribution in [2.45, 2.75) is 52.0 Å². The number of rotatable bonds is 6. The Bertz CT molecular complexity index is 207. The zero-order valence-corrected chi connectivity index (χ0v) is 10.5. The van der Waals surface area contributed by atoms with Crippen molar-refractivity contribution in [1.82, 2.24) is 10.4 Å². The minimum absolute atomic E-state index is 0.143. The van der Waals surface area contributed by atoms with E-state index in [9.17, 15) is 4.79 Å². The van der Waals surface area contributed by atoms with Gasteiger partial charge in [-0.1, -0.05) is 26.7 Å². The molecule has 1 unspecified atom stereocenters. The summed E-state index contributed by atoms with van der Waals surface area (Å²) in [6.45, 7) is 6.52. The van der Waals surface area contributed by atoms with E-state index in [0.29, 0.717) is 19.1 Å². The van der Waals surface area contributed by atoms with Crippen molar-refractivity contribution in [1.29, 1.82) is 0 Å². The second kappa shape index (κ2) is 7.63. The lowest BCUT2D eigenvalue weighted by atomic mass is 10.1. The van der Waals surface area contributed by atoms with Gasteiger partial charge in [-0.05, 0) is 12.8 Å². The van der Waals surface area contributed by atoms with Gasteiger partial charge in [-0.15, -0.1) is 0 Å². The van der Waals surface area contributed by atoms with E-state index in [2.05, 4.69) is 24.3 Å². The molecule has 0 saturated carbocycles. The van der Waals surface area contributed by atoms with Crippen LogP contribution < -0.4 is 5.43 Å². The molecule has 1 aliphatic heterocycles. The van der Waals surface area contributed by atoms with Crippen LogP contribution in [0.1, 0.15) is 46.0 Å². The molecule has 4 nitrogen and oxygen atoms in total. The summed E-state index contributed by atoms with van der Waals surface area (Å²) in [4.78, 5) is 11.6. The third kappa shape index (κ3) is 4.49. The SMILES string of the molecule is CCCCC(=O)NN1CCOCC1CCC. The van der Waals surface area contributed by atoms with E-state index < -0.39 is 0 Å². The number of hydrogen-bond donors (Lipinski definition) is 1. The molecule has 94 valence electrons. The van der Waals surface area contributed by atoms with E-state index in [4.69, 9.17) is 4.74 Å². The topological polar surface area (TPSA) is 41.6 Å². The van der Waals surface area contributed by atoms with Gasteiger partial charge in [-0.2, -0.15) is 0 Å². The zero-order valence-electron chi connectivity index (χ0n) is 10.5. The van der Waals surface area contributed by atoms with Crippen LogP contribution in [-0.4, -0.2) is 36.7 Å². The molecule has 1 atom stereocenters. The predicted molar refractivity (Wildman–Crippen MR) is 63.9 cm³/mol. The second-order valence-electron chi connectivity index (χ2n) is 4.35. The fourth-order valence-electron chi connectivity index (χ4n) is 1.93. The van der Waals surface area contributed by atoms with Gasteiger partial charge in [-0.3, -0.25) is 10.2 Å². The van der Waals surface area contributed by atoms with Gasteiger partial charge < -0.3 is 4.74 Å². The number of hydrogen-bond acceptors (Lipinski definition) is 3. The standard InChI is InChI=1S/C12H24N2O2/c1-3-5-7-12(15)13-14-8-9-16-10-11(14)6-4-2/h11H,3-10H2,1-2H3,(H,13,15). The quantitative estimate of drug-likeness (QED) is 0.752. The number of ether oxygens (including phenoxy) is 1. The van der Waals surface area contributed by atoms with Gasteiger partial charge in [0.05, 0.1) is 19.3 Å². The fraction of sp³-hybridized carbons (Fsp3) is 0.917. The zero-order chi connectivity index (χ0) is 11.8. The molecule has 1 fully saturated rings. The predicted octanol–water partition coefficient (Wildman–Crippen LogP) is 1.71. The summed E-state index contributed by atoms with van der Waals surface area (Å²) >= 11 is 0. The van der Waals surface area contributed by atoms with Crippen molar-refractivity contribution in [3.05, 3.63) is 0 Å². The van der Waals surface area contributed by atoms with Gasteiger partial charge in [0.2, 0.25) is 5.91 Å². The molecular weight excluding hydrogens is 204 g/mol. The molecule has 0 aromatic heterocycles. The van der Waals surface area contributed by atoms with Gasteiger partial charge in [0, 0.05) is 13.0 Å². The van der Waals surface area contributed by atoms with Gasteiger partial charge in [0.25, 0.3) is 0 Å². The van der Waals surface area contributed by atoms with E-state index in [1.165, 1.54) is 0 Å². The van der Waals surface area contributed by atoms with Crippen LogP contribution in [-0.2, 0) is 9.53 Å². The van der Waals surface area contributed by atoms with Crippen LogP contribution in [0, 0.1) is 0 Å². The maximum absolute atomic E-state index is 11.6. The fourth-order valence-corrected chi connectivity index (χ4v) is 1.93. The summed E-state index contributed by atoms with van der Waals surface area (Å²) < 4.78 is 5.43. The highest BCUT2D eigenvalue weighted by molar-refractivity contribution is 5.75. The number of morpholine rings is 1. The van der Waals surface area contributed by atoms with Crippen LogP contribution in [0.3, 0.4) is 0 Å². The number of unbranched alkanes of at least 4 members (excludes halogenated alkanes) is 1. The third-order valence-electron chi connectivity index (χ3n) is 2.88. The molecule has 1 heterocycles. The molecule has 1 rings (SSSR count). The largest absolute Gasteiger partial charge is 0.378 e. The summed E-state index contributed by atoms with van der Waals surface area (Å²) in [5.74, 6) is 0.143. The Morgan fingerprint density at radius 3 is 2.94 bits per heavy atom. The van der Waals surface area contributed by atoms with Crippen molar-refractivity contribution in [3.8, 4) is 0 Å². The van der Waals surface area contributed by atoms with Crippen molar-refractivity contribution < 1.29 is 9.53 Å². The van der Waals surface area contributed by atoms with Crippen LogP contribution >= 0.6 is 0 Å². The smallest absolute Gasteiger partial charge is 0.234 e. The molecule has 1 aliphatic rings. The Morgan fingerprint density at radius 1 is 1.44 bits per heavy atom. The molecule has 16 heavy (non-hydrogen) atoms. The number of amides is 1. The molecule has 1 saturated heterocycles. The van der Waals surface area contributed by atoms with Crippen molar-refractivity contribution in [3.63, 3.8) is 0 Å². The van der Waals surface area contributed by atoms with Crippen molar-refractivity contribution >= 4 is 5.91 Å². The molecule has 4 heteroatoms. The average Bonchev–Trinajstić information content (AvgIpc) is 2.29. The summed E-state index contributed by atoms with van der Waals surface area (Å²) in [7, 11) is 0. The minimum Gasteiger partial charge on any atom is -0.378 e. The van der Waals surface area contributed by atoms with Crippen molar-refractivity contribution in [2.24, 2.45) is 0 Å². The molecule has 1 amide bonds. The molecule has 0 radical (unpaired) electrons. The number of hydrazine groups is 1. The Balaban J connectivity index is 2.33. The van der Waals surface area contributed by atoms with Gasteiger partial charge >= 0.3 is 0 Å². The molecule has 0 aromatic rings. The molecule has 0 spiro atoms. The van der Waals surface area contributed by atoms with Gasteiger partial charge in [-0.25, -0.2) is 5.01 Å². The van der Waals surface area contributed by atoms with Crippen LogP contribution in [0.2, 0.25) is 0 Å². The first-order valence-corrected chi connectivity index (χ1v) is 6.41. The van der Waals surface area contributed by atoms with E-state index in [1.807, 2.05) is 0 Å². The maximum Gasteiger partial charge on any atom is 0.234 e. The molecule has 0 aliphatic carbocycles. The number of nitrogens with zero attached hydrogens (tertiary/aromatic N) is 1. The molecule has 0 aromatic carbocycles. The highest BCUT2D eigenvalue weighted by atomic mass is 16.5. The van der Waals surface area contributed by atoms with E-state index in [1.54, 1.807) is 0 Å². The number of nitrogens with one attached hydrogen (secondary N) is 1. The molecule has 1 N–H and O–H groups in total. The maximum atomic E-state index is 11.6. The number of carbonyl (C=O) groups excluding carboxylic acids is 1. The summed E-state index contributed by atoms with van der Waals surface area (Å²) in [6.07, 6.45) is 4.86. The summed E-state index contributed by atoms with van der Waals surface area (Å²) in [5.41, 5.74) is 3.00. The monoisotopic (exact) mass is 228 g/mol. The second-order valence-corrected chi connectivity index (χ2v) is 4.35. The van der Waals surface area contributed by atoms with E-state index in [-0.39, 0.29) is 5.91 Å². The Labute approximate surface area is 98.3 Å². The highest BCUT2D eigenvalue weighted by Gasteiger charge is 2.23. The highest BCUT2D eigenvalue weighted by Crippen LogP contribution is 2.10. The Kier molecular flexibility index (Phi) is 6.42. The number of carbonyl (C=O) groups is 1. The average molecular weight is 228 g/mol. The lowest BCUT2D eigenvalue weighted by Crippen LogP contribution is -2.54. The lowest BCUT2D eigenvalue weighted by Gasteiger charge is -2.35. The molecule has 0 bridgehead atoms. The van der Waals surface area contributed by atoms with Gasteiger partial charge in [0.1, 0.15) is 0 Å². The summed E-state index contributed by atoms with van der Waals surface area (Å²) in [5, 5.41) is 2.06. The van der Waals surface area contributed by atoms with E-state index in [0.717, 1.165) is 38.8 Å². The first-order valence-electron chi connectivity index (χ1n) is 6.41. The molecular formula is C12H24N2O2. The van der Waals surface area contributed by atoms with Gasteiger partial charge in [0.15, 0.2) is 0 Å². The normalized spacial score (nSPS) is 22.0. The minimum atomic E-state index is 0.143. The van der Waals surface area contributed by atoms with Crippen LogP contribution in [0.25, 0.3) is 0 Å². The van der Waals surface area contributed by atoms with Crippen molar-refractivity contribution in [2.75, 3.05) is 19.8 Å². The third-order valence-corrected chi connectivity index (χ3v) is 2.88.